The van der Waals surface area contributed by atoms with E-state index in [9.17, 15) is 14.4 Å². The molecule has 0 aliphatic rings. The van der Waals surface area contributed by atoms with Crippen LogP contribution in [0.25, 0.3) is 0 Å². The van der Waals surface area contributed by atoms with E-state index in [1.807, 2.05) is 31.2 Å². The first-order chi connectivity index (χ1) is 14.6. The molecule has 31 heavy (non-hydrogen) atoms. The van der Waals surface area contributed by atoms with Gasteiger partial charge in [0.25, 0.3) is 5.91 Å². The van der Waals surface area contributed by atoms with Crippen LogP contribution < -0.4 is 15.8 Å². The highest BCUT2D eigenvalue weighted by Gasteiger charge is 2.16. The van der Waals surface area contributed by atoms with Crippen molar-refractivity contribution in [3.63, 3.8) is 0 Å². The van der Waals surface area contributed by atoms with Crippen molar-refractivity contribution < 1.29 is 19.1 Å². The van der Waals surface area contributed by atoms with E-state index in [1.165, 1.54) is 0 Å². The first kappa shape index (κ1) is 23.9. The smallest absolute Gasteiger partial charge is 0.260 e. The lowest BCUT2D eigenvalue weighted by Gasteiger charge is -2.22. The molecule has 0 aliphatic heterocycles. The minimum atomic E-state index is -0.526. The normalized spacial score (nSPS) is 11.0. The fourth-order valence-electron chi connectivity index (χ4n) is 2.93. The summed E-state index contributed by atoms with van der Waals surface area (Å²) in [5.74, 6) is -0.282. The minimum Gasteiger partial charge on any atom is -0.484 e. The third-order valence-electron chi connectivity index (χ3n) is 4.86. The van der Waals surface area contributed by atoms with Crippen LogP contribution in [0.5, 0.6) is 5.75 Å². The van der Waals surface area contributed by atoms with Crippen LogP contribution in [0.15, 0.2) is 48.5 Å². The summed E-state index contributed by atoms with van der Waals surface area (Å²) in [4.78, 5) is 37.4. The number of likely N-dealkylation sites (N-methyl/N-ethyl adjacent to an activating group) is 1. The zero-order valence-electron chi connectivity index (χ0n) is 18.6. The number of primary amides is 1. The predicted octanol–water partition coefficient (Wildman–Crippen LogP) is 3.34. The molecule has 0 fully saturated rings. The Morgan fingerprint density at radius 3 is 2.32 bits per heavy atom. The van der Waals surface area contributed by atoms with Crippen LogP contribution in [0.1, 0.15) is 50.0 Å². The van der Waals surface area contributed by atoms with E-state index in [0.29, 0.717) is 23.5 Å². The van der Waals surface area contributed by atoms with Crippen molar-refractivity contribution in [2.75, 3.05) is 25.0 Å². The van der Waals surface area contributed by atoms with Gasteiger partial charge in [-0.05, 0) is 54.3 Å². The summed E-state index contributed by atoms with van der Waals surface area (Å²) in [5, 5.41) is 2.74. The van der Waals surface area contributed by atoms with Gasteiger partial charge < -0.3 is 20.7 Å². The number of carbonyl (C=O) groups is 3. The summed E-state index contributed by atoms with van der Waals surface area (Å²) in [7, 11) is 0. The van der Waals surface area contributed by atoms with Crippen LogP contribution in [0.2, 0.25) is 0 Å². The Morgan fingerprint density at radius 1 is 1.06 bits per heavy atom. The average Bonchev–Trinajstić information content (AvgIpc) is 2.72. The van der Waals surface area contributed by atoms with Gasteiger partial charge in [0.1, 0.15) is 5.75 Å². The second kappa shape index (κ2) is 10.6. The maximum Gasteiger partial charge on any atom is 0.260 e. The van der Waals surface area contributed by atoms with E-state index >= 15 is 0 Å². The minimum absolute atomic E-state index is 0.00758. The van der Waals surface area contributed by atoms with E-state index in [1.54, 1.807) is 29.2 Å². The number of nitrogens with one attached hydrogen (secondary N) is 1. The van der Waals surface area contributed by atoms with Crippen molar-refractivity contribution in [2.24, 2.45) is 5.73 Å². The molecule has 7 heteroatoms. The molecular weight excluding hydrogens is 394 g/mol. The molecule has 166 valence electrons. The van der Waals surface area contributed by atoms with Gasteiger partial charge in [-0.2, -0.15) is 0 Å². The fraction of sp³-hybridized carbons (Fsp3) is 0.375. The molecule has 7 nitrogen and oxygen atoms in total. The molecule has 3 N–H and O–H groups in total. The Bertz CT molecular complexity index is 917. The SMILES string of the molecule is CCN(CCC(=O)Nc1ccc(C(N)=O)cc1)C(=O)COc1cccc(C(C)(C)C)c1. The number of nitrogens with two attached hydrogens (primary N) is 1. The molecule has 0 radical (unpaired) electrons. The Kier molecular flexibility index (Phi) is 8.19. The summed E-state index contributed by atoms with van der Waals surface area (Å²) in [5.41, 5.74) is 7.26. The van der Waals surface area contributed by atoms with Gasteiger partial charge >= 0.3 is 0 Å². The number of ether oxygens (including phenoxy) is 1. The van der Waals surface area contributed by atoms with Crippen LogP contribution in [0.4, 0.5) is 5.69 Å². The van der Waals surface area contributed by atoms with Crippen molar-refractivity contribution in [2.45, 2.75) is 39.5 Å². The number of nitrogens with zero attached hydrogens (tertiary/aromatic N) is 1. The lowest BCUT2D eigenvalue weighted by molar-refractivity contribution is -0.133. The highest BCUT2D eigenvalue weighted by molar-refractivity contribution is 5.94. The van der Waals surface area contributed by atoms with Gasteiger partial charge in [0.15, 0.2) is 6.61 Å². The van der Waals surface area contributed by atoms with Crippen molar-refractivity contribution >= 4 is 23.4 Å². The average molecular weight is 426 g/mol. The van der Waals surface area contributed by atoms with E-state index in [0.717, 1.165) is 5.56 Å². The second-order valence-corrected chi connectivity index (χ2v) is 8.28. The van der Waals surface area contributed by atoms with E-state index in [-0.39, 0.29) is 36.8 Å². The molecule has 2 aromatic carbocycles. The quantitative estimate of drug-likeness (QED) is 0.643. The van der Waals surface area contributed by atoms with E-state index < -0.39 is 5.91 Å². The van der Waals surface area contributed by atoms with E-state index in [2.05, 4.69) is 26.1 Å². The summed E-state index contributed by atoms with van der Waals surface area (Å²) in [6, 6.07) is 14.0. The molecule has 2 aromatic rings. The number of benzene rings is 2. The number of carbonyl (C=O) groups excluding carboxylic acids is 3. The number of rotatable bonds is 9. The number of amides is 3. The summed E-state index contributed by atoms with van der Waals surface area (Å²) < 4.78 is 5.69. The molecule has 3 amide bonds. The molecule has 0 spiro atoms. The monoisotopic (exact) mass is 425 g/mol. The van der Waals surface area contributed by atoms with Crippen LogP contribution >= 0.6 is 0 Å². The van der Waals surface area contributed by atoms with Gasteiger partial charge in [-0.15, -0.1) is 0 Å². The van der Waals surface area contributed by atoms with Crippen LogP contribution in [-0.4, -0.2) is 42.3 Å². The molecule has 0 aliphatic carbocycles. The molecule has 0 bridgehead atoms. The molecule has 0 atom stereocenters. The number of hydrogen-bond donors (Lipinski definition) is 2. The zero-order chi connectivity index (χ0) is 23.0. The standard InChI is InChI=1S/C24H31N3O4/c1-5-27(14-13-21(28)26-19-11-9-17(10-12-19)23(25)30)22(29)16-31-20-8-6-7-18(15-20)24(2,3)4/h6-12,15H,5,13-14,16H2,1-4H3,(H2,25,30)(H,26,28). The molecule has 0 saturated carbocycles. The first-order valence-corrected chi connectivity index (χ1v) is 10.3. The van der Waals surface area contributed by atoms with Crippen LogP contribution in [0.3, 0.4) is 0 Å². The maximum atomic E-state index is 12.5. The predicted molar refractivity (Wildman–Crippen MR) is 121 cm³/mol. The fourth-order valence-corrected chi connectivity index (χ4v) is 2.93. The molecular formula is C24H31N3O4. The van der Waals surface area contributed by atoms with Crippen molar-refractivity contribution in [3.8, 4) is 5.75 Å². The summed E-state index contributed by atoms with van der Waals surface area (Å²) in [6.07, 6.45) is 0.149. The Labute approximate surface area is 183 Å². The van der Waals surface area contributed by atoms with Gasteiger partial charge in [0.2, 0.25) is 11.8 Å². The molecule has 0 aromatic heterocycles. The number of anilines is 1. The first-order valence-electron chi connectivity index (χ1n) is 10.3. The molecule has 2 rings (SSSR count). The zero-order valence-corrected chi connectivity index (χ0v) is 18.6. The Hall–Kier alpha value is -3.35. The van der Waals surface area contributed by atoms with Gasteiger partial charge in [-0.3, -0.25) is 14.4 Å². The highest BCUT2D eigenvalue weighted by atomic mass is 16.5. The molecule has 0 saturated heterocycles. The van der Waals surface area contributed by atoms with Gasteiger partial charge in [0, 0.05) is 30.8 Å². The molecule has 0 heterocycles. The topological polar surface area (TPSA) is 102 Å². The lowest BCUT2D eigenvalue weighted by atomic mass is 9.87. The van der Waals surface area contributed by atoms with Crippen molar-refractivity contribution in [3.05, 3.63) is 59.7 Å². The third kappa shape index (κ3) is 7.44. The summed E-state index contributed by atoms with van der Waals surface area (Å²) >= 11 is 0. The Morgan fingerprint density at radius 2 is 1.74 bits per heavy atom. The van der Waals surface area contributed by atoms with Crippen LogP contribution in [-0.2, 0) is 15.0 Å². The summed E-state index contributed by atoms with van der Waals surface area (Å²) in [6.45, 7) is 8.89. The highest BCUT2D eigenvalue weighted by Crippen LogP contribution is 2.25. The van der Waals surface area contributed by atoms with E-state index in [4.69, 9.17) is 10.5 Å². The van der Waals surface area contributed by atoms with Crippen LogP contribution in [0, 0.1) is 0 Å². The van der Waals surface area contributed by atoms with Crippen molar-refractivity contribution in [1.82, 2.24) is 4.90 Å². The largest absolute Gasteiger partial charge is 0.484 e. The van der Waals surface area contributed by atoms with Gasteiger partial charge in [-0.1, -0.05) is 32.9 Å². The van der Waals surface area contributed by atoms with Crippen molar-refractivity contribution in [1.29, 1.82) is 0 Å². The van der Waals surface area contributed by atoms with Gasteiger partial charge in [0.05, 0.1) is 0 Å². The Balaban J connectivity index is 1.84. The molecule has 0 unspecified atom stereocenters. The lowest BCUT2D eigenvalue weighted by Crippen LogP contribution is -2.37. The van der Waals surface area contributed by atoms with Gasteiger partial charge in [-0.25, -0.2) is 0 Å². The second-order valence-electron chi connectivity index (χ2n) is 8.28. The maximum absolute atomic E-state index is 12.5. The number of hydrogen-bond acceptors (Lipinski definition) is 4. The third-order valence-corrected chi connectivity index (χ3v) is 4.86.